The fourth-order valence-corrected chi connectivity index (χ4v) is 5.95. The van der Waals surface area contributed by atoms with Gasteiger partial charge >= 0.3 is 5.97 Å². The Morgan fingerprint density at radius 3 is 2.79 bits per heavy atom. The van der Waals surface area contributed by atoms with E-state index in [4.69, 9.17) is 4.74 Å². The Hall–Kier alpha value is -2.55. The zero-order chi connectivity index (χ0) is 20.5. The first-order valence-corrected chi connectivity index (χ1v) is 11.5. The molecule has 1 unspecified atom stereocenters. The minimum Gasteiger partial charge on any atom is -0.458 e. The van der Waals surface area contributed by atoms with Crippen molar-refractivity contribution >= 4 is 46.1 Å². The molecule has 29 heavy (non-hydrogen) atoms. The molecule has 1 aliphatic heterocycles. The number of carbonyl (C=O) groups excluding carboxylic acids is 1. The van der Waals surface area contributed by atoms with Gasteiger partial charge in [0.25, 0.3) is 5.56 Å². The summed E-state index contributed by atoms with van der Waals surface area (Å²) >= 11 is 4.43. The van der Waals surface area contributed by atoms with Gasteiger partial charge in [-0.1, -0.05) is 30.1 Å². The van der Waals surface area contributed by atoms with Crippen LogP contribution in [0.3, 0.4) is 0 Å². The Morgan fingerprint density at radius 1 is 1.31 bits per heavy atom. The van der Waals surface area contributed by atoms with Crippen LogP contribution < -0.4 is 14.9 Å². The van der Waals surface area contributed by atoms with Gasteiger partial charge in [-0.2, -0.15) is 0 Å². The fraction of sp³-hybridized carbons (Fsp3) is 0.190. The third-order valence-electron chi connectivity index (χ3n) is 4.55. The van der Waals surface area contributed by atoms with Crippen LogP contribution in [0.25, 0.3) is 6.08 Å². The highest BCUT2D eigenvalue weighted by Gasteiger charge is 2.33. The number of ether oxygens (including phenoxy) is 1. The SMILES string of the molecule is C=CCOC(=O)C1=C(C)N=c2sc(=Cc3sccc3C)c(=O)n2C1c1cccs1. The van der Waals surface area contributed by atoms with Gasteiger partial charge in [0.05, 0.1) is 15.8 Å². The summed E-state index contributed by atoms with van der Waals surface area (Å²) in [4.78, 5) is 33.2. The highest BCUT2D eigenvalue weighted by atomic mass is 32.1. The molecule has 3 aromatic heterocycles. The summed E-state index contributed by atoms with van der Waals surface area (Å²) in [6, 6.07) is 5.32. The molecule has 1 aliphatic rings. The van der Waals surface area contributed by atoms with Crippen molar-refractivity contribution in [3.05, 3.63) is 87.9 Å². The summed E-state index contributed by atoms with van der Waals surface area (Å²) in [5.74, 6) is -0.479. The highest BCUT2D eigenvalue weighted by molar-refractivity contribution is 7.11. The number of nitrogens with zero attached hydrogens (tertiary/aromatic N) is 2. The lowest BCUT2D eigenvalue weighted by Crippen LogP contribution is -2.39. The molecular formula is C21H18N2O3S3. The number of carbonyl (C=O) groups is 1. The van der Waals surface area contributed by atoms with Crippen molar-refractivity contribution in [3.8, 4) is 0 Å². The van der Waals surface area contributed by atoms with E-state index in [0.29, 0.717) is 20.6 Å². The summed E-state index contributed by atoms with van der Waals surface area (Å²) in [6.45, 7) is 7.50. The van der Waals surface area contributed by atoms with Gasteiger partial charge in [-0.05, 0) is 48.4 Å². The minimum atomic E-state index is -0.546. The Morgan fingerprint density at radius 2 is 2.14 bits per heavy atom. The molecule has 1 atom stereocenters. The third kappa shape index (κ3) is 3.59. The van der Waals surface area contributed by atoms with Crippen LogP contribution in [0.1, 0.15) is 28.3 Å². The maximum absolute atomic E-state index is 13.3. The van der Waals surface area contributed by atoms with Crippen LogP contribution in [0.2, 0.25) is 0 Å². The van der Waals surface area contributed by atoms with E-state index < -0.39 is 12.0 Å². The number of hydrogen-bond donors (Lipinski definition) is 0. The maximum atomic E-state index is 13.3. The average Bonchev–Trinajstić information content (AvgIpc) is 3.42. The molecule has 0 radical (unpaired) electrons. The van der Waals surface area contributed by atoms with Crippen molar-refractivity contribution in [2.75, 3.05) is 6.61 Å². The largest absolute Gasteiger partial charge is 0.458 e. The van der Waals surface area contributed by atoms with Crippen LogP contribution in [0, 0.1) is 6.92 Å². The van der Waals surface area contributed by atoms with E-state index in [1.165, 1.54) is 28.7 Å². The number of thiophene rings is 2. The zero-order valence-electron chi connectivity index (χ0n) is 15.9. The van der Waals surface area contributed by atoms with Crippen LogP contribution in [0.15, 0.2) is 62.7 Å². The molecule has 0 saturated carbocycles. The molecule has 0 aliphatic carbocycles. The lowest BCUT2D eigenvalue weighted by molar-refractivity contribution is -0.138. The van der Waals surface area contributed by atoms with Crippen molar-refractivity contribution in [2.24, 2.45) is 4.99 Å². The van der Waals surface area contributed by atoms with E-state index in [0.717, 1.165) is 15.3 Å². The van der Waals surface area contributed by atoms with Gasteiger partial charge in [0.2, 0.25) is 0 Å². The number of rotatable bonds is 5. The lowest BCUT2D eigenvalue weighted by Gasteiger charge is -2.23. The number of aryl methyl sites for hydroxylation is 1. The maximum Gasteiger partial charge on any atom is 0.338 e. The van der Waals surface area contributed by atoms with Crippen LogP contribution in [-0.2, 0) is 9.53 Å². The molecule has 0 saturated heterocycles. The number of fused-ring (bicyclic) bond motifs is 1. The molecular weight excluding hydrogens is 424 g/mol. The number of esters is 1. The molecule has 0 aromatic carbocycles. The summed E-state index contributed by atoms with van der Waals surface area (Å²) in [5.41, 5.74) is 1.93. The van der Waals surface area contributed by atoms with Crippen molar-refractivity contribution in [1.29, 1.82) is 0 Å². The Bertz CT molecular complexity index is 1290. The van der Waals surface area contributed by atoms with Crippen molar-refractivity contribution in [3.63, 3.8) is 0 Å². The first-order chi connectivity index (χ1) is 14.0. The zero-order valence-corrected chi connectivity index (χ0v) is 18.3. The molecule has 3 aromatic rings. The summed E-state index contributed by atoms with van der Waals surface area (Å²) in [5, 5.41) is 3.94. The molecule has 0 bridgehead atoms. The van der Waals surface area contributed by atoms with E-state index >= 15 is 0 Å². The van der Waals surface area contributed by atoms with Gasteiger partial charge in [-0.3, -0.25) is 9.36 Å². The number of aromatic nitrogens is 1. The predicted molar refractivity (Wildman–Crippen MR) is 118 cm³/mol. The molecule has 4 rings (SSSR count). The third-order valence-corrected chi connectivity index (χ3v) is 7.42. The average molecular weight is 443 g/mol. The van der Waals surface area contributed by atoms with E-state index in [9.17, 15) is 9.59 Å². The monoisotopic (exact) mass is 442 g/mol. The summed E-state index contributed by atoms with van der Waals surface area (Å²) < 4.78 is 7.52. The quantitative estimate of drug-likeness (QED) is 0.450. The van der Waals surface area contributed by atoms with Crippen LogP contribution in [0.4, 0.5) is 0 Å². The molecule has 0 amide bonds. The second kappa shape index (κ2) is 8.06. The molecule has 0 N–H and O–H groups in total. The van der Waals surface area contributed by atoms with Crippen molar-refractivity contribution < 1.29 is 9.53 Å². The number of allylic oxidation sites excluding steroid dienone is 1. The standard InChI is InChI=1S/C21H18N2O3S3/c1-4-8-26-20(25)17-13(3)22-21-23(18(17)14-6-5-9-27-14)19(24)16(29-21)11-15-12(2)7-10-28-15/h4-7,9-11,18H,1,8H2,2-3H3. The smallest absolute Gasteiger partial charge is 0.338 e. The van der Waals surface area contributed by atoms with Gasteiger partial charge in [0, 0.05) is 9.75 Å². The first kappa shape index (κ1) is 19.8. The molecule has 0 spiro atoms. The Labute approximate surface area is 179 Å². The minimum absolute atomic E-state index is 0.106. The van der Waals surface area contributed by atoms with Crippen molar-refractivity contribution in [2.45, 2.75) is 19.9 Å². The summed E-state index contributed by atoms with van der Waals surface area (Å²) in [7, 11) is 0. The normalized spacial score (nSPS) is 16.5. The van der Waals surface area contributed by atoms with Crippen molar-refractivity contribution in [1.82, 2.24) is 4.57 Å². The highest BCUT2D eigenvalue weighted by Crippen LogP contribution is 2.33. The van der Waals surface area contributed by atoms with Gasteiger partial charge in [0.1, 0.15) is 12.6 Å². The van der Waals surface area contributed by atoms with E-state index in [1.807, 2.05) is 42.0 Å². The second-order valence-corrected chi connectivity index (χ2v) is 9.39. The van der Waals surface area contributed by atoms with E-state index in [-0.39, 0.29) is 12.2 Å². The number of hydrogen-bond acceptors (Lipinski definition) is 7. The topological polar surface area (TPSA) is 60.7 Å². The van der Waals surface area contributed by atoms with Gasteiger partial charge < -0.3 is 4.74 Å². The van der Waals surface area contributed by atoms with Gasteiger partial charge in [0.15, 0.2) is 4.80 Å². The second-order valence-electron chi connectivity index (χ2n) is 6.45. The van der Waals surface area contributed by atoms with Gasteiger partial charge in [-0.25, -0.2) is 9.79 Å². The fourth-order valence-electron chi connectivity index (χ4n) is 3.16. The molecule has 8 heteroatoms. The molecule has 0 fully saturated rings. The molecule has 4 heterocycles. The lowest BCUT2D eigenvalue weighted by atomic mass is 10.0. The molecule has 148 valence electrons. The Balaban J connectivity index is 1.93. The number of thiazole rings is 1. The van der Waals surface area contributed by atoms with Crippen LogP contribution >= 0.6 is 34.0 Å². The van der Waals surface area contributed by atoms with Crippen LogP contribution in [0.5, 0.6) is 0 Å². The van der Waals surface area contributed by atoms with Crippen LogP contribution in [-0.4, -0.2) is 17.1 Å². The molecule has 5 nitrogen and oxygen atoms in total. The van der Waals surface area contributed by atoms with E-state index in [1.54, 1.807) is 22.8 Å². The summed E-state index contributed by atoms with van der Waals surface area (Å²) in [6.07, 6.45) is 3.43. The first-order valence-electron chi connectivity index (χ1n) is 8.89. The predicted octanol–water partition coefficient (Wildman–Crippen LogP) is 3.40. The van der Waals surface area contributed by atoms with E-state index in [2.05, 4.69) is 11.6 Å². The Kier molecular flexibility index (Phi) is 5.49. The van der Waals surface area contributed by atoms with Gasteiger partial charge in [-0.15, -0.1) is 22.7 Å².